The summed E-state index contributed by atoms with van der Waals surface area (Å²) < 4.78 is 5.53. The molecule has 1 aliphatic carbocycles. The number of fused-ring (bicyclic) bond motifs is 2. The van der Waals surface area contributed by atoms with Gasteiger partial charge in [-0.2, -0.15) is 4.98 Å². The predicted molar refractivity (Wildman–Crippen MR) is 85.8 cm³/mol. The number of nitrogens with zero attached hydrogens (tertiary/aromatic N) is 2. The summed E-state index contributed by atoms with van der Waals surface area (Å²) in [6, 6.07) is 3.54. The van der Waals surface area contributed by atoms with E-state index in [1.54, 1.807) is 25.3 Å². The highest BCUT2D eigenvalue weighted by molar-refractivity contribution is 6.04. The molecular formula is C17H16N4O3. The Labute approximate surface area is 137 Å². The Bertz CT molecular complexity index is 921. The highest BCUT2D eigenvalue weighted by atomic mass is 16.3. The standard InChI is InChI=1S/C17H16N4O3/c1-9-14-10(4-2-5-11(14)22)20-15(9)17(23)19-8-13-21-16-12(24-13)6-3-7-18-16/h3,6-7,20H,2,4-5,8H2,1H3,(H,19,23). The van der Waals surface area contributed by atoms with E-state index in [-0.39, 0.29) is 18.2 Å². The maximum Gasteiger partial charge on any atom is 0.268 e. The fourth-order valence-corrected chi connectivity index (χ4v) is 3.13. The van der Waals surface area contributed by atoms with Gasteiger partial charge in [-0.1, -0.05) is 0 Å². The van der Waals surface area contributed by atoms with Crippen molar-refractivity contribution >= 4 is 22.9 Å². The van der Waals surface area contributed by atoms with Crippen LogP contribution in [0.5, 0.6) is 0 Å². The normalized spacial score (nSPS) is 14.0. The van der Waals surface area contributed by atoms with Gasteiger partial charge in [0.15, 0.2) is 17.0 Å². The minimum Gasteiger partial charge on any atom is -0.437 e. The first-order chi connectivity index (χ1) is 11.6. The van der Waals surface area contributed by atoms with Crippen LogP contribution in [0, 0.1) is 6.92 Å². The molecule has 0 radical (unpaired) electrons. The highest BCUT2D eigenvalue weighted by Gasteiger charge is 2.26. The number of Topliss-reactive ketones (excluding diaryl/α,β-unsaturated/α-hetero) is 1. The van der Waals surface area contributed by atoms with Crippen LogP contribution in [0.1, 0.15) is 50.8 Å². The highest BCUT2D eigenvalue weighted by Crippen LogP contribution is 2.26. The van der Waals surface area contributed by atoms with Gasteiger partial charge in [-0.05, 0) is 37.5 Å². The number of hydrogen-bond donors (Lipinski definition) is 2. The average molecular weight is 324 g/mol. The molecule has 122 valence electrons. The average Bonchev–Trinajstić information content (AvgIpc) is 3.14. The molecule has 0 atom stereocenters. The van der Waals surface area contributed by atoms with Gasteiger partial charge in [0.05, 0.1) is 6.54 Å². The van der Waals surface area contributed by atoms with Crippen LogP contribution in [-0.4, -0.2) is 26.6 Å². The Morgan fingerprint density at radius 1 is 1.42 bits per heavy atom. The predicted octanol–water partition coefficient (Wildman–Crippen LogP) is 2.31. The smallest absolute Gasteiger partial charge is 0.268 e. The van der Waals surface area contributed by atoms with Crippen LogP contribution >= 0.6 is 0 Å². The molecule has 0 aromatic carbocycles. The lowest BCUT2D eigenvalue weighted by molar-refractivity contribution is 0.0941. The molecule has 0 unspecified atom stereocenters. The first kappa shape index (κ1) is 14.6. The van der Waals surface area contributed by atoms with Gasteiger partial charge in [0.1, 0.15) is 5.69 Å². The molecule has 1 amide bonds. The number of aromatic nitrogens is 3. The number of aryl methyl sites for hydroxylation is 1. The van der Waals surface area contributed by atoms with E-state index >= 15 is 0 Å². The van der Waals surface area contributed by atoms with Crippen LogP contribution in [0.15, 0.2) is 22.7 Å². The lowest BCUT2D eigenvalue weighted by atomic mass is 9.94. The number of rotatable bonds is 3. The van der Waals surface area contributed by atoms with E-state index in [1.165, 1.54) is 0 Å². The lowest BCUT2D eigenvalue weighted by Crippen LogP contribution is -2.24. The first-order valence-corrected chi connectivity index (χ1v) is 7.87. The van der Waals surface area contributed by atoms with E-state index in [0.717, 1.165) is 18.5 Å². The summed E-state index contributed by atoms with van der Waals surface area (Å²) in [5.74, 6) is 0.223. The zero-order valence-electron chi connectivity index (χ0n) is 13.2. The zero-order chi connectivity index (χ0) is 16.7. The summed E-state index contributed by atoms with van der Waals surface area (Å²) in [7, 11) is 0. The maximum atomic E-state index is 12.4. The largest absolute Gasteiger partial charge is 0.437 e. The van der Waals surface area contributed by atoms with Crippen LogP contribution in [-0.2, 0) is 13.0 Å². The summed E-state index contributed by atoms with van der Waals surface area (Å²) in [5.41, 5.74) is 3.78. The zero-order valence-corrected chi connectivity index (χ0v) is 13.2. The number of pyridine rings is 1. The Kier molecular flexibility index (Phi) is 3.41. The monoisotopic (exact) mass is 324 g/mol. The summed E-state index contributed by atoms with van der Waals surface area (Å²) >= 11 is 0. The van der Waals surface area contributed by atoms with Gasteiger partial charge >= 0.3 is 0 Å². The summed E-state index contributed by atoms with van der Waals surface area (Å²) in [6.07, 6.45) is 3.80. The van der Waals surface area contributed by atoms with E-state index < -0.39 is 0 Å². The van der Waals surface area contributed by atoms with Crippen molar-refractivity contribution in [3.05, 3.63) is 46.7 Å². The molecule has 0 fully saturated rings. The molecule has 7 heteroatoms. The lowest BCUT2D eigenvalue weighted by Gasteiger charge is -2.09. The Balaban J connectivity index is 1.53. The molecule has 1 aliphatic rings. The molecule has 0 spiro atoms. The number of carbonyl (C=O) groups excluding carboxylic acids is 2. The third-order valence-electron chi connectivity index (χ3n) is 4.27. The molecule has 24 heavy (non-hydrogen) atoms. The second kappa shape index (κ2) is 5.59. The van der Waals surface area contributed by atoms with E-state index in [9.17, 15) is 9.59 Å². The van der Waals surface area contributed by atoms with E-state index in [4.69, 9.17) is 4.42 Å². The summed E-state index contributed by atoms with van der Waals surface area (Å²) in [6.45, 7) is 1.96. The molecule has 3 heterocycles. The first-order valence-electron chi connectivity index (χ1n) is 7.87. The van der Waals surface area contributed by atoms with Crippen molar-refractivity contribution < 1.29 is 14.0 Å². The fraction of sp³-hybridized carbons (Fsp3) is 0.294. The van der Waals surface area contributed by atoms with E-state index in [2.05, 4.69) is 20.3 Å². The second-order valence-electron chi connectivity index (χ2n) is 5.87. The fourth-order valence-electron chi connectivity index (χ4n) is 3.13. The van der Waals surface area contributed by atoms with Crippen molar-refractivity contribution in [3.63, 3.8) is 0 Å². The van der Waals surface area contributed by atoms with Crippen molar-refractivity contribution in [2.24, 2.45) is 0 Å². The minimum atomic E-state index is -0.273. The number of hydrogen-bond acceptors (Lipinski definition) is 5. The maximum absolute atomic E-state index is 12.4. The Hall–Kier alpha value is -2.96. The van der Waals surface area contributed by atoms with Gasteiger partial charge < -0.3 is 14.7 Å². The van der Waals surface area contributed by atoms with Gasteiger partial charge in [-0.15, -0.1) is 0 Å². The Morgan fingerprint density at radius 2 is 2.29 bits per heavy atom. The van der Waals surface area contributed by atoms with Gasteiger partial charge in [-0.25, -0.2) is 4.98 Å². The van der Waals surface area contributed by atoms with Crippen LogP contribution in [0.25, 0.3) is 11.2 Å². The van der Waals surface area contributed by atoms with Crippen molar-refractivity contribution in [1.29, 1.82) is 0 Å². The second-order valence-corrected chi connectivity index (χ2v) is 5.87. The van der Waals surface area contributed by atoms with Gasteiger partial charge in [0.25, 0.3) is 5.91 Å². The quantitative estimate of drug-likeness (QED) is 0.770. The van der Waals surface area contributed by atoms with Crippen molar-refractivity contribution in [1.82, 2.24) is 20.3 Å². The number of aromatic amines is 1. The molecule has 4 rings (SSSR count). The van der Waals surface area contributed by atoms with Crippen LogP contribution < -0.4 is 5.32 Å². The number of ketones is 1. The molecular weight excluding hydrogens is 308 g/mol. The molecule has 7 nitrogen and oxygen atoms in total. The van der Waals surface area contributed by atoms with Crippen molar-refractivity contribution in [2.45, 2.75) is 32.7 Å². The van der Waals surface area contributed by atoms with Gasteiger partial charge in [-0.3, -0.25) is 9.59 Å². The molecule has 0 bridgehead atoms. The molecule has 0 aliphatic heterocycles. The number of nitrogens with one attached hydrogen (secondary N) is 2. The van der Waals surface area contributed by atoms with Crippen molar-refractivity contribution in [3.8, 4) is 0 Å². The SMILES string of the molecule is Cc1c(C(=O)NCc2nc3ncccc3o2)[nH]c2c1C(=O)CCC2. The Morgan fingerprint density at radius 3 is 3.08 bits per heavy atom. The van der Waals surface area contributed by atoms with Gasteiger partial charge in [0.2, 0.25) is 5.89 Å². The van der Waals surface area contributed by atoms with Gasteiger partial charge in [0, 0.05) is 23.9 Å². The molecule has 3 aromatic rings. The summed E-state index contributed by atoms with van der Waals surface area (Å²) in [4.78, 5) is 35.9. The topological polar surface area (TPSA) is 101 Å². The van der Waals surface area contributed by atoms with E-state index in [1.807, 2.05) is 0 Å². The number of H-pyrrole nitrogens is 1. The van der Waals surface area contributed by atoms with Crippen molar-refractivity contribution in [2.75, 3.05) is 0 Å². The minimum absolute atomic E-state index is 0.106. The van der Waals surface area contributed by atoms with Crippen LogP contribution in [0.4, 0.5) is 0 Å². The third kappa shape index (κ3) is 2.38. The number of carbonyl (C=O) groups is 2. The third-order valence-corrected chi connectivity index (χ3v) is 4.27. The van der Waals surface area contributed by atoms with Crippen LogP contribution in [0.3, 0.4) is 0 Å². The molecule has 0 saturated heterocycles. The summed E-state index contributed by atoms with van der Waals surface area (Å²) in [5, 5.41) is 2.78. The number of oxazole rings is 1. The molecule has 2 N–H and O–H groups in total. The number of amides is 1. The van der Waals surface area contributed by atoms with E-state index in [0.29, 0.717) is 40.4 Å². The van der Waals surface area contributed by atoms with Crippen LogP contribution in [0.2, 0.25) is 0 Å². The molecule has 3 aromatic heterocycles. The molecule has 0 saturated carbocycles.